The summed E-state index contributed by atoms with van der Waals surface area (Å²) in [6.07, 6.45) is 10.6. The summed E-state index contributed by atoms with van der Waals surface area (Å²) >= 11 is 0. The lowest BCUT2D eigenvalue weighted by molar-refractivity contribution is -0.145. The number of hydrogen-bond donors (Lipinski definition) is 2. The van der Waals surface area contributed by atoms with Crippen molar-refractivity contribution >= 4 is 11.8 Å². The molecule has 0 bridgehead atoms. The number of rotatable bonds is 5. The normalized spacial score (nSPS) is 33.8. The average Bonchev–Trinajstić information content (AvgIpc) is 2.57. The Balaban J connectivity index is 2.05. The number of ether oxygens (including phenoxy) is 1. The van der Waals surface area contributed by atoms with Crippen LogP contribution >= 0.6 is 0 Å². The van der Waals surface area contributed by atoms with Gasteiger partial charge in [-0.05, 0) is 37.5 Å². The second kappa shape index (κ2) is 7.72. The molecule has 5 atom stereocenters. The van der Waals surface area contributed by atoms with Crippen LogP contribution in [-0.2, 0) is 14.3 Å². The molecule has 2 aliphatic rings. The van der Waals surface area contributed by atoms with Gasteiger partial charge >= 0.3 is 5.97 Å². The summed E-state index contributed by atoms with van der Waals surface area (Å²) in [5.41, 5.74) is -0.449. The van der Waals surface area contributed by atoms with Gasteiger partial charge in [-0.3, -0.25) is 4.79 Å². The fraction of sp³-hybridized carbons (Fsp3) is 0.524. The third-order valence-electron chi connectivity index (χ3n) is 5.63. The summed E-state index contributed by atoms with van der Waals surface area (Å²) < 4.78 is 5.54. The molecule has 2 N–H and O–H groups in total. The highest BCUT2D eigenvalue weighted by Gasteiger charge is 2.46. The zero-order chi connectivity index (χ0) is 19.5. The maximum Gasteiger partial charge on any atom is 0.331 e. The van der Waals surface area contributed by atoms with Gasteiger partial charge in [0, 0.05) is 17.4 Å². The van der Waals surface area contributed by atoms with E-state index < -0.39 is 29.2 Å². The van der Waals surface area contributed by atoms with Crippen LogP contribution < -0.4 is 0 Å². The van der Waals surface area contributed by atoms with Crippen molar-refractivity contribution in [2.24, 2.45) is 11.3 Å². The SMILES string of the molecule is CC[C@@](C)(O)/C=C/C=C/C(=O)O[C@H]1C=CC2=CC(=O)[C@H](O)C[C@]2(C)[C@H]1C. The van der Waals surface area contributed by atoms with Crippen LogP contribution in [0.2, 0.25) is 0 Å². The Hall–Kier alpha value is -1.98. The monoisotopic (exact) mass is 360 g/mol. The highest BCUT2D eigenvalue weighted by molar-refractivity contribution is 5.96. The Kier molecular flexibility index (Phi) is 6.04. The summed E-state index contributed by atoms with van der Waals surface area (Å²) in [6, 6.07) is 0. The lowest BCUT2D eigenvalue weighted by Gasteiger charge is -2.45. The number of allylic oxidation sites excluding steroid dienone is 4. The van der Waals surface area contributed by atoms with Crippen molar-refractivity contribution in [3.8, 4) is 0 Å². The minimum absolute atomic E-state index is 0.0739. The Bertz CT molecular complexity index is 683. The number of carbonyl (C=O) groups is 2. The van der Waals surface area contributed by atoms with Crippen molar-refractivity contribution in [2.75, 3.05) is 0 Å². The number of fused-ring (bicyclic) bond motifs is 1. The second-order valence-electron chi connectivity index (χ2n) is 7.62. The minimum atomic E-state index is -1.01. The van der Waals surface area contributed by atoms with E-state index in [1.807, 2.05) is 26.8 Å². The van der Waals surface area contributed by atoms with Crippen molar-refractivity contribution in [3.05, 3.63) is 48.1 Å². The maximum atomic E-state index is 12.1. The third-order valence-corrected chi connectivity index (χ3v) is 5.63. The molecule has 5 nitrogen and oxygen atoms in total. The molecule has 0 heterocycles. The topological polar surface area (TPSA) is 83.8 Å². The molecule has 0 unspecified atom stereocenters. The predicted molar refractivity (Wildman–Crippen MR) is 99.2 cm³/mol. The van der Waals surface area contributed by atoms with Crippen LogP contribution in [0.1, 0.15) is 40.5 Å². The Morgan fingerprint density at radius 2 is 2.15 bits per heavy atom. The first-order valence-corrected chi connectivity index (χ1v) is 9.00. The quantitative estimate of drug-likeness (QED) is 0.447. The number of aliphatic hydroxyl groups is 2. The zero-order valence-electron chi connectivity index (χ0n) is 15.8. The van der Waals surface area contributed by atoms with E-state index in [9.17, 15) is 19.8 Å². The van der Waals surface area contributed by atoms with Gasteiger partial charge in [-0.25, -0.2) is 4.79 Å². The average molecular weight is 360 g/mol. The van der Waals surface area contributed by atoms with Gasteiger partial charge < -0.3 is 14.9 Å². The molecule has 26 heavy (non-hydrogen) atoms. The molecule has 0 saturated carbocycles. The molecule has 0 aromatic heterocycles. The summed E-state index contributed by atoms with van der Waals surface area (Å²) in [6.45, 7) is 7.51. The van der Waals surface area contributed by atoms with E-state index in [2.05, 4.69) is 0 Å². The fourth-order valence-corrected chi connectivity index (χ4v) is 3.28. The first-order chi connectivity index (χ1) is 12.1. The van der Waals surface area contributed by atoms with Gasteiger partial charge in [0.1, 0.15) is 12.2 Å². The smallest absolute Gasteiger partial charge is 0.331 e. The van der Waals surface area contributed by atoms with Gasteiger partial charge in [0.2, 0.25) is 0 Å². The molecule has 2 rings (SSSR count). The molecule has 0 aromatic rings. The van der Waals surface area contributed by atoms with E-state index in [-0.39, 0.29) is 11.7 Å². The predicted octanol–water partition coefficient (Wildman–Crippen LogP) is 2.64. The molecule has 0 aliphatic heterocycles. The molecular formula is C21H28O5. The van der Waals surface area contributed by atoms with E-state index in [0.717, 1.165) is 5.57 Å². The largest absolute Gasteiger partial charge is 0.455 e. The van der Waals surface area contributed by atoms with Crippen molar-refractivity contribution in [1.29, 1.82) is 0 Å². The van der Waals surface area contributed by atoms with E-state index in [4.69, 9.17) is 4.74 Å². The van der Waals surface area contributed by atoms with Crippen LogP contribution in [0.15, 0.2) is 48.1 Å². The standard InChI is InChI=1S/C21H28O5/c1-5-20(3,25)11-7-6-8-19(24)26-18-10-9-15-12-16(22)17(23)13-21(15,4)14(18)2/h6-12,14,17-18,23,25H,5,13H2,1-4H3/b8-6+,11-7+/t14-,17+,18-,20+,21+/m0/s1. The van der Waals surface area contributed by atoms with Gasteiger partial charge in [-0.15, -0.1) is 0 Å². The summed E-state index contributed by atoms with van der Waals surface area (Å²) in [5, 5.41) is 19.8. The number of ketones is 1. The fourth-order valence-electron chi connectivity index (χ4n) is 3.28. The van der Waals surface area contributed by atoms with Crippen LogP contribution in [0.4, 0.5) is 0 Å². The number of esters is 1. The Labute approximate surface area is 154 Å². The first kappa shape index (κ1) is 20.3. The van der Waals surface area contributed by atoms with E-state index in [1.165, 1.54) is 12.2 Å². The highest BCUT2D eigenvalue weighted by Crippen LogP contribution is 2.48. The lowest BCUT2D eigenvalue weighted by atomic mass is 9.61. The highest BCUT2D eigenvalue weighted by atomic mass is 16.5. The third kappa shape index (κ3) is 4.40. The van der Waals surface area contributed by atoms with Crippen molar-refractivity contribution in [3.63, 3.8) is 0 Å². The molecule has 142 valence electrons. The van der Waals surface area contributed by atoms with Crippen LogP contribution in [0.3, 0.4) is 0 Å². The molecule has 0 amide bonds. The van der Waals surface area contributed by atoms with Gasteiger partial charge in [0.25, 0.3) is 0 Å². The van der Waals surface area contributed by atoms with Gasteiger partial charge in [0.15, 0.2) is 5.78 Å². The number of carbonyl (C=O) groups excluding carboxylic acids is 2. The van der Waals surface area contributed by atoms with E-state index >= 15 is 0 Å². The molecule has 2 aliphatic carbocycles. The molecule has 0 aromatic carbocycles. The zero-order valence-corrected chi connectivity index (χ0v) is 15.8. The Morgan fingerprint density at radius 1 is 1.46 bits per heavy atom. The van der Waals surface area contributed by atoms with Crippen LogP contribution in [0.5, 0.6) is 0 Å². The van der Waals surface area contributed by atoms with Gasteiger partial charge in [0.05, 0.1) is 5.60 Å². The number of hydrogen-bond acceptors (Lipinski definition) is 5. The second-order valence-corrected chi connectivity index (χ2v) is 7.62. The molecule has 0 fully saturated rings. The first-order valence-electron chi connectivity index (χ1n) is 9.00. The lowest BCUT2D eigenvalue weighted by Crippen LogP contribution is -2.45. The van der Waals surface area contributed by atoms with Crippen molar-refractivity contribution in [2.45, 2.75) is 58.3 Å². The molecule has 0 radical (unpaired) electrons. The number of aliphatic hydroxyl groups excluding tert-OH is 1. The minimum Gasteiger partial charge on any atom is -0.455 e. The van der Waals surface area contributed by atoms with Crippen LogP contribution in [0.25, 0.3) is 0 Å². The summed E-state index contributed by atoms with van der Waals surface area (Å²) in [7, 11) is 0. The summed E-state index contributed by atoms with van der Waals surface area (Å²) in [4.78, 5) is 23.8. The van der Waals surface area contributed by atoms with Crippen molar-refractivity contribution < 1.29 is 24.5 Å². The molecule has 5 heteroatoms. The maximum absolute atomic E-state index is 12.1. The molecular weight excluding hydrogens is 332 g/mol. The van der Waals surface area contributed by atoms with Crippen molar-refractivity contribution in [1.82, 2.24) is 0 Å². The summed E-state index contributed by atoms with van der Waals surface area (Å²) in [5.74, 6) is -0.826. The van der Waals surface area contributed by atoms with Crippen LogP contribution in [-0.4, -0.2) is 39.8 Å². The van der Waals surface area contributed by atoms with Crippen LogP contribution in [0, 0.1) is 11.3 Å². The Morgan fingerprint density at radius 3 is 2.81 bits per heavy atom. The molecule has 0 spiro atoms. The van der Waals surface area contributed by atoms with Gasteiger partial charge in [-0.1, -0.05) is 45.1 Å². The van der Waals surface area contributed by atoms with E-state index in [0.29, 0.717) is 12.8 Å². The van der Waals surface area contributed by atoms with Gasteiger partial charge in [-0.2, -0.15) is 0 Å². The van der Waals surface area contributed by atoms with E-state index in [1.54, 1.807) is 31.2 Å². The molecule has 0 saturated heterocycles.